The lowest BCUT2D eigenvalue weighted by atomic mass is 9.87. The SMILES string of the molecule is CC(C)(C)c1ccc(S(=O)(=O)Nc2cccc3c2C(=O)N(Cc2cccc(C#N)c2)C3)cc1. The van der Waals surface area contributed by atoms with Gasteiger partial charge >= 0.3 is 0 Å². The van der Waals surface area contributed by atoms with Gasteiger partial charge < -0.3 is 4.90 Å². The molecular formula is C26H25N3O3S. The minimum Gasteiger partial charge on any atom is -0.330 e. The Morgan fingerprint density at radius 3 is 2.39 bits per heavy atom. The lowest BCUT2D eigenvalue weighted by Crippen LogP contribution is -2.24. The average molecular weight is 460 g/mol. The summed E-state index contributed by atoms with van der Waals surface area (Å²) in [5.74, 6) is -0.242. The predicted molar refractivity (Wildman–Crippen MR) is 127 cm³/mol. The summed E-state index contributed by atoms with van der Waals surface area (Å²) in [6.45, 7) is 6.91. The molecule has 3 aromatic rings. The highest BCUT2D eigenvalue weighted by Gasteiger charge is 2.31. The van der Waals surface area contributed by atoms with Crippen molar-refractivity contribution in [2.24, 2.45) is 0 Å². The van der Waals surface area contributed by atoms with Crippen LogP contribution in [-0.2, 0) is 28.5 Å². The van der Waals surface area contributed by atoms with E-state index in [0.717, 1.165) is 16.7 Å². The predicted octanol–water partition coefficient (Wildman–Crippen LogP) is 4.81. The lowest BCUT2D eigenvalue weighted by Gasteiger charge is -2.19. The molecule has 0 aliphatic carbocycles. The van der Waals surface area contributed by atoms with E-state index in [2.05, 4.69) is 31.6 Å². The highest BCUT2D eigenvalue weighted by molar-refractivity contribution is 7.92. The summed E-state index contributed by atoms with van der Waals surface area (Å²) in [6, 6.07) is 21.2. The fraction of sp³-hybridized carbons (Fsp3) is 0.231. The summed E-state index contributed by atoms with van der Waals surface area (Å²) in [4.78, 5) is 15.0. The second-order valence-electron chi connectivity index (χ2n) is 9.19. The molecule has 0 spiro atoms. The Morgan fingerprint density at radius 2 is 1.73 bits per heavy atom. The van der Waals surface area contributed by atoms with Crippen molar-refractivity contribution in [3.05, 3.63) is 94.5 Å². The minimum atomic E-state index is -3.86. The van der Waals surface area contributed by atoms with Gasteiger partial charge in [-0.25, -0.2) is 8.42 Å². The van der Waals surface area contributed by atoms with Crippen molar-refractivity contribution in [3.8, 4) is 6.07 Å². The first-order chi connectivity index (χ1) is 15.6. The van der Waals surface area contributed by atoms with Crippen molar-refractivity contribution in [2.75, 3.05) is 4.72 Å². The summed E-state index contributed by atoms with van der Waals surface area (Å²) in [5.41, 5.74) is 3.72. The zero-order valence-corrected chi connectivity index (χ0v) is 19.6. The lowest BCUT2D eigenvalue weighted by molar-refractivity contribution is 0.0767. The van der Waals surface area contributed by atoms with Gasteiger partial charge in [-0.05, 0) is 52.4 Å². The second kappa shape index (κ2) is 8.38. The molecule has 1 heterocycles. The molecule has 0 aromatic heterocycles. The van der Waals surface area contributed by atoms with E-state index in [0.29, 0.717) is 24.2 Å². The number of nitriles is 1. The summed E-state index contributed by atoms with van der Waals surface area (Å²) in [5, 5.41) is 9.11. The minimum absolute atomic E-state index is 0.0847. The average Bonchev–Trinajstić information content (AvgIpc) is 3.09. The summed E-state index contributed by atoms with van der Waals surface area (Å²) in [6.07, 6.45) is 0. The number of anilines is 1. The van der Waals surface area contributed by atoms with Crippen molar-refractivity contribution < 1.29 is 13.2 Å². The number of fused-ring (bicyclic) bond motifs is 1. The summed E-state index contributed by atoms with van der Waals surface area (Å²) < 4.78 is 28.7. The zero-order chi connectivity index (χ0) is 23.8. The Kier molecular flexibility index (Phi) is 5.73. The summed E-state index contributed by atoms with van der Waals surface area (Å²) >= 11 is 0. The molecule has 1 aliphatic rings. The maximum atomic E-state index is 13.2. The Balaban J connectivity index is 1.58. The monoisotopic (exact) mass is 459 g/mol. The maximum Gasteiger partial charge on any atom is 0.261 e. The molecule has 0 atom stereocenters. The van der Waals surface area contributed by atoms with Crippen LogP contribution in [0.4, 0.5) is 5.69 Å². The highest BCUT2D eigenvalue weighted by Crippen LogP contribution is 2.32. The maximum absolute atomic E-state index is 13.2. The molecule has 7 heteroatoms. The van der Waals surface area contributed by atoms with E-state index < -0.39 is 10.0 Å². The number of sulfonamides is 1. The van der Waals surface area contributed by atoms with E-state index in [4.69, 9.17) is 5.26 Å². The van der Waals surface area contributed by atoms with Crippen LogP contribution in [0.3, 0.4) is 0 Å². The normalized spacial score (nSPS) is 13.5. The quantitative estimate of drug-likeness (QED) is 0.593. The van der Waals surface area contributed by atoms with E-state index in [1.165, 1.54) is 0 Å². The number of carbonyl (C=O) groups is 1. The van der Waals surface area contributed by atoms with Gasteiger partial charge in [-0.15, -0.1) is 0 Å². The molecule has 0 saturated heterocycles. The van der Waals surface area contributed by atoms with E-state index >= 15 is 0 Å². The molecule has 0 saturated carbocycles. The van der Waals surface area contributed by atoms with Gasteiger partial charge in [0, 0.05) is 13.1 Å². The third-order valence-corrected chi connectivity index (χ3v) is 7.10. The molecule has 1 amide bonds. The summed E-state index contributed by atoms with van der Waals surface area (Å²) in [7, 11) is -3.86. The molecule has 1 aliphatic heterocycles. The smallest absolute Gasteiger partial charge is 0.261 e. The van der Waals surface area contributed by atoms with Gasteiger partial charge in [0.2, 0.25) is 0 Å². The van der Waals surface area contributed by atoms with Crippen LogP contribution in [0.2, 0.25) is 0 Å². The van der Waals surface area contributed by atoms with Crippen LogP contribution >= 0.6 is 0 Å². The Labute approximate surface area is 194 Å². The number of hydrogen-bond acceptors (Lipinski definition) is 4. The molecule has 0 bridgehead atoms. The van der Waals surface area contributed by atoms with Gasteiger partial charge in [-0.2, -0.15) is 5.26 Å². The van der Waals surface area contributed by atoms with Gasteiger partial charge in [-0.1, -0.05) is 57.2 Å². The van der Waals surface area contributed by atoms with Crippen molar-refractivity contribution >= 4 is 21.6 Å². The fourth-order valence-corrected chi connectivity index (χ4v) is 5.00. The standard InChI is InChI=1S/C26H25N3O3S/c1-26(2,3)21-10-12-22(13-11-21)33(31,32)28-23-9-5-8-20-17-29(25(30)24(20)23)16-19-7-4-6-18(14-19)15-27/h4-14,28H,16-17H2,1-3H3. The second-order valence-corrected chi connectivity index (χ2v) is 10.9. The molecule has 0 radical (unpaired) electrons. The number of hydrogen-bond donors (Lipinski definition) is 1. The Hall–Kier alpha value is -3.63. The molecule has 33 heavy (non-hydrogen) atoms. The Morgan fingerprint density at radius 1 is 1.03 bits per heavy atom. The molecule has 168 valence electrons. The number of amides is 1. The van der Waals surface area contributed by atoms with E-state index in [1.54, 1.807) is 47.4 Å². The van der Waals surface area contributed by atoms with Crippen molar-refractivity contribution in [2.45, 2.75) is 44.2 Å². The van der Waals surface area contributed by atoms with Gasteiger partial charge in [-0.3, -0.25) is 9.52 Å². The van der Waals surface area contributed by atoms with Crippen molar-refractivity contribution in [1.29, 1.82) is 5.26 Å². The zero-order valence-electron chi connectivity index (χ0n) is 18.8. The van der Waals surface area contributed by atoms with Gasteiger partial charge in [0.1, 0.15) is 0 Å². The van der Waals surface area contributed by atoms with Crippen LogP contribution in [0.25, 0.3) is 0 Å². The fourth-order valence-electron chi connectivity index (χ4n) is 3.93. The Bertz CT molecular complexity index is 1370. The first-order valence-electron chi connectivity index (χ1n) is 10.6. The van der Waals surface area contributed by atoms with Crippen LogP contribution in [0.1, 0.15) is 53.4 Å². The largest absolute Gasteiger partial charge is 0.330 e. The molecular weight excluding hydrogens is 434 g/mol. The third-order valence-electron chi connectivity index (χ3n) is 5.72. The molecule has 3 aromatic carbocycles. The van der Waals surface area contributed by atoms with Crippen LogP contribution in [0, 0.1) is 11.3 Å². The third kappa shape index (κ3) is 4.62. The molecule has 6 nitrogen and oxygen atoms in total. The number of benzene rings is 3. The van der Waals surface area contributed by atoms with Crippen molar-refractivity contribution in [1.82, 2.24) is 4.90 Å². The molecule has 4 rings (SSSR count). The van der Waals surface area contributed by atoms with E-state index in [1.807, 2.05) is 24.3 Å². The van der Waals surface area contributed by atoms with Gasteiger partial charge in [0.15, 0.2) is 0 Å². The number of nitrogens with one attached hydrogen (secondary N) is 1. The van der Waals surface area contributed by atoms with Crippen LogP contribution in [0.15, 0.2) is 71.6 Å². The number of nitrogens with zero attached hydrogens (tertiary/aromatic N) is 2. The van der Waals surface area contributed by atoms with Crippen LogP contribution in [0.5, 0.6) is 0 Å². The van der Waals surface area contributed by atoms with E-state index in [9.17, 15) is 13.2 Å². The first kappa shape index (κ1) is 22.6. The van der Waals surface area contributed by atoms with Gasteiger partial charge in [0.25, 0.3) is 15.9 Å². The van der Waals surface area contributed by atoms with E-state index in [-0.39, 0.29) is 21.9 Å². The van der Waals surface area contributed by atoms with Crippen LogP contribution < -0.4 is 4.72 Å². The topological polar surface area (TPSA) is 90.3 Å². The van der Waals surface area contributed by atoms with Crippen molar-refractivity contribution in [3.63, 3.8) is 0 Å². The van der Waals surface area contributed by atoms with Crippen LogP contribution in [-0.4, -0.2) is 19.2 Å². The number of carbonyl (C=O) groups excluding carboxylic acids is 1. The highest BCUT2D eigenvalue weighted by atomic mass is 32.2. The molecule has 0 unspecified atom stereocenters. The number of rotatable bonds is 5. The molecule has 0 fully saturated rings. The molecule has 1 N–H and O–H groups in total. The van der Waals surface area contributed by atoms with Gasteiger partial charge in [0.05, 0.1) is 27.8 Å². The first-order valence-corrected chi connectivity index (χ1v) is 12.1.